The molecule has 2 aliphatic heterocycles. The largest absolute Gasteiger partial charge is 0.340 e. The van der Waals surface area contributed by atoms with Crippen LogP contribution in [0.4, 0.5) is 0 Å². The molecular weight excluding hydrogens is 402 g/mol. The Morgan fingerprint density at radius 2 is 1.81 bits per heavy atom. The van der Waals surface area contributed by atoms with Crippen molar-refractivity contribution in [1.82, 2.24) is 24.4 Å². The van der Waals surface area contributed by atoms with Crippen molar-refractivity contribution in [2.45, 2.75) is 90.6 Å². The Labute approximate surface area is 190 Å². The maximum atomic E-state index is 12.9. The number of likely N-dealkylation sites (tertiary alicyclic amines) is 2. The van der Waals surface area contributed by atoms with Crippen LogP contribution in [-0.2, 0) is 16.0 Å². The van der Waals surface area contributed by atoms with Crippen molar-refractivity contribution in [2.24, 2.45) is 5.92 Å². The Bertz CT molecular complexity index is 1040. The number of amides is 2. The van der Waals surface area contributed by atoms with Crippen LogP contribution in [0, 0.1) is 19.8 Å². The van der Waals surface area contributed by atoms with E-state index < -0.39 is 0 Å². The molecular formula is C25H35N5O2. The molecule has 3 aliphatic rings. The molecule has 4 heterocycles. The molecule has 172 valence electrons. The maximum absolute atomic E-state index is 12.9. The van der Waals surface area contributed by atoms with Crippen molar-refractivity contribution in [3.63, 3.8) is 0 Å². The normalized spacial score (nSPS) is 23.8. The highest BCUT2D eigenvalue weighted by atomic mass is 16.2. The van der Waals surface area contributed by atoms with Crippen LogP contribution in [0.5, 0.6) is 0 Å². The van der Waals surface area contributed by atoms with Crippen molar-refractivity contribution in [2.75, 3.05) is 13.1 Å². The predicted molar refractivity (Wildman–Crippen MR) is 122 cm³/mol. The molecule has 0 unspecified atom stereocenters. The van der Waals surface area contributed by atoms with Crippen LogP contribution >= 0.6 is 0 Å². The van der Waals surface area contributed by atoms with Gasteiger partial charge < -0.3 is 9.80 Å². The van der Waals surface area contributed by atoms with Gasteiger partial charge in [0.1, 0.15) is 0 Å². The van der Waals surface area contributed by atoms with Crippen LogP contribution in [0.15, 0.2) is 6.07 Å². The molecule has 32 heavy (non-hydrogen) atoms. The van der Waals surface area contributed by atoms with E-state index in [4.69, 9.17) is 10.1 Å². The van der Waals surface area contributed by atoms with Gasteiger partial charge in [0.05, 0.1) is 11.7 Å². The third kappa shape index (κ3) is 3.90. The first-order valence-electron chi connectivity index (χ1n) is 12.4. The molecule has 2 amide bonds. The molecule has 1 saturated carbocycles. The van der Waals surface area contributed by atoms with E-state index in [2.05, 4.69) is 18.7 Å². The molecule has 2 saturated heterocycles. The van der Waals surface area contributed by atoms with Crippen LogP contribution in [0.2, 0.25) is 0 Å². The number of carbonyl (C=O) groups excluding carboxylic acids is 2. The lowest BCUT2D eigenvalue weighted by Crippen LogP contribution is -2.42. The van der Waals surface area contributed by atoms with Gasteiger partial charge in [-0.05, 0) is 77.7 Å². The summed E-state index contributed by atoms with van der Waals surface area (Å²) >= 11 is 0. The van der Waals surface area contributed by atoms with Gasteiger partial charge in [0.25, 0.3) is 0 Å². The highest BCUT2D eigenvalue weighted by Crippen LogP contribution is 2.38. The fourth-order valence-electron chi connectivity index (χ4n) is 5.62. The topological polar surface area (TPSA) is 70.8 Å². The zero-order valence-electron chi connectivity index (χ0n) is 19.6. The lowest BCUT2D eigenvalue weighted by atomic mass is 10.0. The molecule has 0 radical (unpaired) electrons. The van der Waals surface area contributed by atoms with Crippen molar-refractivity contribution in [3.8, 4) is 0 Å². The minimum Gasteiger partial charge on any atom is -0.340 e. The Hall–Kier alpha value is -2.44. The first kappa shape index (κ1) is 21.4. The quantitative estimate of drug-likeness (QED) is 0.714. The Balaban J connectivity index is 1.36. The summed E-state index contributed by atoms with van der Waals surface area (Å²) in [5.74, 6) is 0.787. The van der Waals surface area contributed by atoms with E-state index >= 15 is 0 Å². The summed E-state index contributed by atoms with van der Waals surface area (Å²) in [6.07, 6.45) is 8.70. The Morgan fingerprint density at radius 1 is 1.03 bits per heavy atom. The molecule has 2 atom stereocenters. The predicted octanol–water partition coefficient (Wildman–Crippen LogP) is 3.75. The number of carbonyl (C=O) groups is 2. The second kappa shape index (κ2) is 8.49. The molecule has 3 fully saturated rings. The number of fused-ring (bicyclic) bond motifs is 1. The summed E-state index contributed by atoms with van der Waals surface area (Å²) in [4.78, 5) is 34.5. The van der Waals surface area contributed by atoms with Gasteiger partial charge in [-0.2, -0.15) is 5.10 Å². The fraction of sp³-hybridized carbons (Fsp3) is 0.680. The zero-order valence-corrected chi connectivity index (χ0v) is 19.6. The molecule has 7 nitrogen and oxygen atoms in total. The van der Waals surface area contributed by atoms with Crippen molar-refractivity contribution in [3.05, 3.63) is 28.7 Å². The van der Waals surface area contributed by atoms with Gasteiger partial charge in [-0.25, -0.2) is 9.50 Å². The van der Waals surface area contributed by atoms with Gasteiger partial charge >= 0.3 is 0 Å². The summed E-state index contributed by atoms with van der Waals surface area (Å²) in [5.41, 5.74) is 4.92. The fourth-order valence-corrected chi connectivity index (χ4v) is 5.62. The molecule has 5 rings (SSSR count). The van der Waals surface area contributed by atoms with E-state index in [-0.39, 0.29) is 17.9 Å². The number of hydrogen-bond donors (Lipinski definition) is 0. The molecule has 2 aromatic heterocycles. The second-order valence-corrected chi connectivity index (χ2v) is 10.00. The van der Waals surface area contributed by atoms with E-state index in [0.29, 0.717) is 24.8 Å². The van der Waals surface area contributed by atoms with Gasteiger partial charge in [-0.3, -0.25) is 9.59 Å². The molecule has 0 aromatic carbocycles. The molecule has 7 heteroatoms. The van der Waals surface area contributed by atoms with Crippen molar-refractivity contribution in [1.29, 1.82) is 0 Å². The first-order valence-corrected chi connectivity index (χ1v) is 12.4. The SMILES string of the molecule is Cc1nc2cc([C@@H]3CCCN3C(=O)C3CC3)nn2c(C)c1CCC(=O)N1CCCC[C@@H]1C. The Morgan fingerprint density at radius 3 is 2.56 bits per heavy atom. The number of aromatic nitrogens is 3. The van der Waals surface area contributed by atoms with Crippen LogP contribution in [0.25, 0.3) is 5.65 Å². The summed E-state index contributed by atoms with van der Waals surface area (Å²) < 4.78 is 1.92. The summed E-state index contributed by atoms with van der Waals surface area (Å²) in [7, 11) is 0. The van der Waals surface area contributed by atoms with Gasteiger partial charge in [0.15, 0.2) is 5.65 Å². The van der Waals surface area contributed by atoms with Crippen LogP contribution in [0.1, 0.15) is 87.0 Å². The van der Waals surface area contributed by atoms with E-state index in [1.54, 1.807) is 0 Å². The van der Waals surface area contributed by atoms with Gasteiger partial charge in [-0.1, -0.05) is 0 Å². The highest BCUT2D eigenvalue weighted by Gasteiger charge is 2.39. The van der Waals surface area contributed by atoms with Gasteiger partial charge in [0, 0.05) is 48.9 Å². The van der Waals surface area contributed by atoms with Crippen molar-refractivity contribution >= 4 is 17.5 Å². The van der Waals surface area contributed by atoms with E-state index in [9.17, 15) is 9.59 Å². The molecule has 0 N–H and O–H groups in total. The highest BCUT2D eigenvalue weighted by molar-refractivity contribution is 5.81. The zero-order chi connectivity index (χ0) is 22.4. The number of aryl methyl sites for hydroxylation is 2. The first-order chi connectivity index (χ1) is 15.4. The number of nitrogens with zero attached hydrogens (tertiary/aromatic N) is 5. The summed E-state index contributed by atoms with van der Waals surface area (Å²) in [5, 5.41) is 4.90. The standard InChI is InChI=1S/C25H35N5O2/c1-16-7-4-5-13-28(16)24(31)12-11-20-17(2)26-23-15-21(27-30(23)18(20)3)22-8-6-14-29(22)25(32)19-9-10-19/h15-16,19,22H,4-14H2,1-3H3/t16-,22-/m0/s1. The number of piperidine rings is 1. The average molecular weight is 438 g/mol. The second-order valence-electron chi connectivity index (χ2n) is 10.00. The van der Waals surface area contributed by atoms with Crippen LogP contribution in [0.3, 0.4) is 0 Å². The molecule has 0 bridgehead atoms. The molecule has 0 spiro atoms. The number of hydrogen-bond acceptors (Lipinski definition) is 4. The minimum atomic E-state index is 0.0649. The molecule has 1 aliphatic carbocycles. The van der Waals surface area contributed by atoms with Gasteiger partial charge in [-0.15, -0.1) is 0 Å². The minimum absolute atomic E-state index is 0.0649. The van der Waals surface area contributed by atoms with Crippen LogP contribution in [-0.4, -0.2) is 55.3 Å². The monoisotopic (exact) mass is 437 g/mol. The van der Waals surface area contributed by atoms with Crippen molar-refractivity contribution < 1.29 is 9.59 Å². The van der Waals surface area contributed by atoms with E-state index in [0.717, 1.165) is 79.9 Å². The summed E-state index contributed by atoms with van der Waals surface area (Å²) in [6.45, 7) is 7.98. The average Bonchev–Trinajstić information content (AvgIpc) is 3.35. The molecule has 2 aromatic rings. The number of rotatable bonds is 5. The van der Waals surface area contributed by atoms with Gasteiger partial charge in [0.2, 0.25) is 11.8 Å². The third-order valence-corrected chi connectivity index (χ3v) is 7.70. The van der Waals surface area contributed by atoms with E-state index in [1.165, 1.54) is 6.42 Å². The lowest BCUT2D eigenvalue weighted by Gasteiger charge is -2.33. The smallest absolute Gasteiger partial charge is 0.226 e. The van der Waals surface area contributed by atoms with Crippen LogP contribution < -0.4 is 0 Å². The Kier molecular flexibility index (Phi) is 5.68. The third-order valence-electron chi connectivity index (χ3n) is 7.70. The van der Waals surface area contributed by atoms with E-state index in [1.807, 2.05) is 22.4 Å². The summed E-state index contributed by atoms with van der Waals surface area (Å²) in [6, 6.07) is 2.46. The maximum Gasteiger partial charge on any atom is 0.226 e. The lowest BCUT2D eigenvalue weighted by molar-refractivity contribution is -0.134.